The van der Waals surface area contributed by atoms with Crippen LogP contribution in [0.25, 0.3) is 0 Å². The molecule has 2 heterocycles. The molecule has 0 saturated carbocycles. The van der Waals surface area contributed by atoms with Crippen LogP contribution in [0.15, 0.2) is 11.2 Å². The highest BCUT2D eigenvalue weighted by Crippen LogP contribution is 2.28. The monoisotopic (exact) mass is 333 g/mol. The van der Waals surface area contributed by atoms with Gasteiger partial charge in [-0.1, -0.05) is 6.92 Å². The molecule has 0 bridgehead atoms. The molecule has 120 valence electrons. The summed E-state index contributed by atoms with van der Waals surface area (Å²) in [4.78, 5) is 4.27. The zero-order chi connectivity index (χ0) is 15.5. The highest BCUT2D eigenvalue weighted by molar-refractivity contribution is 7.89. The molecule has 1 fully saturated rings. The van der Waals surface area contributed by atoms with Crippen LogP contribution in [0.2, 0.25) is 0 Å². The first-order chi connectivity index (χ1) is 10.0. The molecule has 0 aliphatic carbocycles. The molecule has 1 aliphatic rings. The molecule has 1 unspecified atom stereocenters. The van der Waals surface area contributed by atoms with E-state index < -0.39 is 10.0 Å². The Kier molecular flexibility index (Phi) is 5.68. The van der Waals surface area contributed by atoms with Crippen LogP contribution in [-0.4, -0.2) is 40.7 Å². The van der Waals surface area contributed by atoms with Gasteiger partial charge in [-0.3, -0.25) is 0 Å². The van der Waals surface area contributed by atoms with Gasteiger partial charge < -0.3 is 4.57 Å². The van der Waals surface area contributed by atoms with Gasteiger partial charge in [0.2, 0.25) is 0 Å². The summed E-state index contributed by atoms with van der Waals surface area (Å²) < 4.78 is 29.1. The van der Waals surface area contributed by atoms with Gasteiger partial charge >= 0.3 is 0 Å². The Hall–Kier alpha value is -0.590. The topological polar surface area (TPSA) is 55.2 Å². The molecular formula is C14H24ClN3O2S. The van der Waals surface area contributed by atoms with Crippen molar-refractivity contribution in [1.29, 1.82) is 0 Å². The summed E-state index contributed by atoms with van der Waals surface area (Å²) in [6, 6.07) is 0.0744. The number of aryl methyl sites for hydroxylation is 2. The minimum Gasteiger partial charge on any atom is -0.334 e. The third-order valence-corrected chi connectivity index (χ3v) is 6.08. The fourth-order valence-corrected chi connectivity index (χ4v) is 4.79. The van der Waals surface area contributed by atoms with Crippen LogP contribution >= 0.6 is 11.6 Å². The Morgan fingerprint density at radius 2 is 2.24 bits per heavy atom. The maximum absolute atomic E-state index is 12.8. The molecule has 2 rings (SSSR count). The van der Waals surface area contributed by atoms with E-state index in [1.54, 1.807) is 10.5 Å². The van der Waals surface area contributed by atoms with Crippen LogP contribution in [0.5, 0.6) is 0 Å². The van der Waals surface area contributed by atoms with Crippen molar-refractivity contribution in [3.05, 3.63) is 12.0 Å². The highest BCUT2D eigenvalue weighted by atomic mass is 35.5. The predicted molar refractivity (Wildman–Crippen MR) is 84.1 cm³/mol. The van der Waals surface area contributed by atoms with Gasteiger partial charge in [0.15, 0.2) is 5.03 Å². The summed E-state index contributed by atoms with van der Waals surface area (Å²) in [5.41, 5.74) is 0. The lowest BCUT2D eigenvalue weighted by Gasteiger charge is -2.22. The number of alkyl halides is 1. The zero-order valence-electron chi connectivity index (χ0n) is 12.8. The van der Waals surface area contributed by atoms with Gasteiger partial charge in [-0.25, -0.2) is 13.4 Å². The molecule has 1 atom stereocenters. The summed E-state index contributed by atoms with van der Waals surface area (Å²) in [6.07, 6.45) is 6.15. The van der Waals surface area contributed by atoms with Crippen molar-refractivity contribution >= 4 is 21.6 Å². The van der Waals surface area contributed by atoms with Gasteiger partial charge in [0.05, 0.1) is 0 Å². The third kappa shape index (κ3) is 3.60. The lowest BCUT2D eigenvalue weighted by Crippen LogP contribution is -2.35. The molecule has 21 heavy (non-hydrogen) atoms. The van der Waals surface area contributed by atoms with Crippen molar-refractivity contribution < 1.29 is 8.42 Å². The quantitative estimate of drug-likeness (QED) is 0.721. The molecule has 1 aromatic rings. The van der Waals surface area contributed by atoms with E-state index in [4.69, 9.17) is 11.6 Å². The SMILES string of the molecule is CCCn1cc(S(=O)(=O)N2CCCC2CCCCl)nc1C. The van der Waals surface area contributed by atoms with E-state index in [9.17, 15) is 8.42 Å². The smallest absolute Gasteiger partial charge is 0.262 e. The number of halogens is 1. The van der Waals surface area contributed by atoms with Crippen LogP contribution in [0.1, 0.15) is 44.9 Å². The third-order valence-electron chi connectivity index (χ3n) is 3.99. The van der Waals surface area contributed by atoms with Gasteiger partial charge in [0.25, 0.3) is 10.0 Å². The second kappa shape index (κ2) is 7.11. The second-order valence-electron chi connectivity index (χ2n) is 5.56. The minimum absolute atomic E-state index is 0.0744. The van der Waals surface area contributed by atoms with Crippen LogP contribution in [-0.2, 0) is 16.6 Å². The van der Waals surface area contributed by atoms with Gasteiger partial charge in [0, 0.05) is 31.2 Å². The largest absolute Gasteiger partial charge is 0.334 e. The van der Waals surface area contributed by atoms with Gasteiger partial charge in [-0.15, -0.1) is 11.6 Å². The summed E-state index contributed by atoms with van der Waals surface area (Å²) in [6.45, 7) is 5.30. The molecule has 0 radical (unpaired) electrons. The molecule has 0 amide bonds. The minimum atomic E-state index is -3.48. The molecule has 1 saturated heterocycles. The summed E-state index contributed by atoms with van der Waals surface area (Å²) in [5, 5.41) is 0.186. The number of nitrogens with zero attached hydrogens (tertiary/aromatic N) is 3. The van der Waals surface area contributed by atoms with E-state index in [1.165, 1.54) is 0 Å². The lowest BCUT2D eigenvalue weighted by molar-refractivity contribution is 0.367. The van der Waals surface area contributed by atoms with Crippen molar-refractivity contribution in [2.24, 2.45) is 0 Å². The normalized spacial score (nSPS) is 20.2. The Labute approximate surface area is 132 Å². The standard InChI is InChI=1S/C14H24ClN3O2S/c1-3-9-17-11-14(16-12(17)2)21(19,20)18-10-5-7-13(18)6-4-8-15/h11,13H,3-10H2,1-2H3. The summed E-state index contributed by atoms with van der Waals surface area (Å²) in [5.74, 6) is 1.33. The van der Waals surface area contributed by atoms with Crippen LogP contribution < -0.4 is 0 Å². The fourth-order valence-electron chi connectivity index (χ4n) is 2.92. The average Bonchev–Trinajstić information content (AvgIpc) is 3.05. The number of aromatic nitrogens is 2. The molecule has 0 N–H and O–H groups in total. The summed E-state index contributed by atoms with van der Waals surface area (Å²) in [7, 11) is -3.48. The maximum Gasteiger partial charge on any atom is 0.262 e. The van der Waals surface area contributed by atoms with Crippen molar-refractivity contribution in [2.75, 3.05) is 12.4 Å². The van der Waals surface area contributed by atoms with Crippen LogP contribution in [0, 0.1) is 6.92 Å². The number of hydrogen-bond acceptors (Lipinski definition) is 3. The fraction of sp³-hybridized carbons (Fsp3) is 0.786. The Balaban J connectivity index is 2.22. The number of rotatable bonds is 7. The first-order valence-corrected chi connectivity index (χ1v) is 9.59. The Bertz CT molecular complexity index is 571. The van der Waals surface area contributed by atoms with E-state index in [0.29, 0.717) is 12.4 Å². The van der Waals surface area contributed by atoms with E-state index in [-0.39, 0.29) is 11.1 Å². The van der Waals surface area contributed by atoms with E-state index in [0.717, 1.165) is 44.5 Å². The first kappa shape index (κ1) is 16.8. The van der Waals surface area contributed by atoms with Crippen molar-refractivity contribution in [3.8, 4) is 0 Å². The number of sulfonamides is 1. The molecule has 7 heteroatoms. The van der Waals surface area contributed by atoms with Gasteiger partial charge in [-0.05, 0) is 39.0 Å². The molecule has 0 spiro atoms. The zero-order valence-corrected chi connectivity index (χ0v) is 14.3. The lowest BCUT2D eigenvalue weighted by atomic mass is 10.1. The Morgan fingerprint density at radius 3 is 2.90 bits per heavy atom. The molecule has 1 aliphatic heterocycles. The van der Waals surface area contributed by atoms with Crippen LogP contribution in [0.4, 0.5) is 0 Å². The van der Waals surface area contributed by atoms with Crippen LogP contribution in [0.3, 0.4) is 0 Å². The summed E-state index contributed by atoms with van der Waals surface area (Å²) >= 11 is 5.73. The Morgan fingerprint density at radius 1 is 1.48 bits per heavy atom. The van der Waals surface area contributed by atoms with Gasteiger partial charge in [-0.2, -0.15) is 4.31 Å². The maximum atomic E-state index is 12.8. The molecule has 0 aromatic carbocycles. The van der Waals surface area contributed by atoms with E-state index >= 15 is 0 Å². The van der Waals surface area contributed by atoms with Gasteiger partial charge in [0.1, 0.15) is 5.82 Å². The van der Waals surface area contributed by atoms with E-state index in [2.05, 4.69) is 11.9 Å². The molecule has 1 aromatic heterocycles. The highest BCUT2D eigenvalue weighted by Gasteiger charge is 2.36. The molecule has 5 nitrogen and oxygen atoms in total. The van der Waals surface area contributed by atoms with Crippen molar-refractivity contribution in [2.45, 2.75) is 63.6 Å². The number of imidazole rings is 1. The first-order valence-electron chi connectivity index (χ1n) is 7.62. The predicted octanol–water partition coefficient (Wildman–Crippen LogP) is 2.77. The van der Waals surface area contributed by atoms with E-state index in [1.807, 2.05) is 11.5 Å². The second-order valence-corrected chi connectivity index (χ2v) is 7.78. The average molecular weight is 334 g/mol. The van der Waals surface area contributed by atoms with Crippen molar-refractivity contribution in [3.63, 3.8) is 0 Å². The van der Waals surface area contributed by atoms with Crippen molar-refractivity contribution in [1.82, 2.24) is 13.9 Å². The molecular weight excluding hydrogens is 310 g/mol. The number of hydrogen-bond donors (Lipinski definition) is 0.